The molecule has 2 heterocycles. The first-order valence-electron chi connectivity index (χ1n) is 24.4. The number of fused-ring (bicyclic) bond motifs is 3. The van der Waals surface area contributed by atoms with Gasteiger partial charge >= 0.3 is 0 Å². The van der Waals surface area contributed by atoms with Crippen molar-refractivity contribution in [2.75, 3.05) is 0 Å². The first kappa shape index (κ1) is 43.7. The molecule has 0 radical (unpaired) electrons. The zero-order valence-electron chi connectivity index (χ0n) is 40.5. The van der Waals surface area contributed by atoms with Gasteiger partial charge in [-0.3, -0.25) is 0 Å². The maximum Gasteiger partial charge on any atom is 0.160 e. The topological polar surface area (TPSA) is 30.7 Å². The van der Waals surface area contributed by atoms with Crippen molar-refractivity contribution in [3.8, 4) is 73.0 Å². The molecule has 0 fully saturated rings. The molecule has 0 unspecified atom stereocenters. The largest absolute Gasteiger partial charge is 0.312 e. The molecule has 0 aliphatic heterocycles. The van der Waals surface area contributed by atoms with Crippen LogP contribution in [0.3, 0.4) is 0 Å². The lowest BCUT2D eigenvalue weighted by atomic mass is 9.84. The van der Waals surface area contributed by atoms with Gasteiger partial charge in [0.1, 0.15) is 0 Å². The van der Waals surface area contributed by atoms with Gasteiger partial charge in [-0.1, -0.05) is 217 Å². The van der Waals surface area contributed by atoms with Crippen LogP contribution in [0.25, 0.3) is 95.5 Å². The number of hydrogen-bond acceptors (Lipinski definition) is 2. The van der Waals surface area contributed by atoms with Crippen molar-refractivity contribution in [1.82, 2.24) is 14.5 Å². The number of rotatable bonds is 8. The standard InChI is InChI=1S/C66H57N3/c1-65(2,3)53-33-27-46(28-34-53)55-41-52(60-43-59(48-23-15-9-16-24-48)67-64(68-60)49-25-17-10-18-26-49)42-56(47-29-35-54(36-30-47)66(4,5)6)63(55)69-61-37-31-50(44-19-11-7-12-20-44)39-57(61)58-40-51(32-38-62(58)69)45-21-13-8-14-22-45/h7-31,33-37,39-43H,32,38H2,1-6H3. The van der Waals surface area contributed by atoms with E-state index in [4.69, 9.17) is 9.97 Å². The summed E-state index contributed by atoms with van der Waals surface area (Å²) in [4.78, 5) is 10.6. The Balaban J connectivity index is 1.25. The van der Waals surface area contributed by atoms with Gasteiger partial charge in [0, 0.05) is 44.5 Å². The van der Waals surface area contributed by atoms with E-state index in [0.717, 1.165) is 63.2 Å². The van der Waals surface area contributed by atoms with Crippen LogP contribution in [0.4, 0.5) is 0 Å². The number of nitrogens with zero attached hydrogens (tertiary/aromatic N) is 3. The summed E-state index contributed by atoms with van der Waals surface area (Å²) in [5, 5.41) is 1.25. The first-order chi connectivity index (χ1) is 33.5. The third-order valence-corrected chi connectivity index (χ3v) is 13.9. The summed E-state index contributed by atoms with van der Waals surface area (Å²) in [6.07, 6.45) is 4.31. The van der Waals surface area contributed by atoms with E-state index in [0.29, 0.717) is 5.82 Å². The molecule has 2 aromatic heterocycles. The Kier molecular flexibility index (Phi) is 11.2. The van der Waals surface area contributed by atoms with Crippen molar-refractivity contribution < 1.29 is 0 Å². The van der Waals surface area contributed by atoms with Crippen molar-refractivity contribution in [3.05, 3.63) is 234 Å². The van der Waals surface area contributed by atoms with Gasteiger partial charge < -0.3 is 4.57 Å². The van der Waals surface area contributed by atoms with E-state index < -0.39 is 0 Å². The Morgan fingerprint density at radius 2 is 0.855 bits per heavy atom. The van der Waals surface area contributed by atoms with Crippen LogP contribution < -0.4 is 0 Å². The highest BCUT2D eigenvalue weighted by Gasteiger charge is 2.28. The van der Waals surface area contributed by atoms with Gasteiger partial charge in [0.15, 0.2) is 5.82 Å². The lowest BCUT2D eigenvalue weighted by Crippen LogP contribution is -2.11. The summed E-state index contributed by atoms with van der Waals surface area (Å²) >= 11 is 0. The van der Waals surface area contributed by atoms with Crippen molar-refractivity contribution in [2.24, 2.45) is 0 Å². The third-order valence-electron chi connectivity index (χ3n) is 13.9. The van der Waals surface area contributed by atoms with Gasteiger partial charge in [0.2, 0.25) is 0 Å². The molecule has 1 aliphatic carbocycles. The molecule has 69 heavy (non-hydrogen) atoms. The van der Waals surface area contributed by atoms with Crippen LogP contribution in [-0.4, -0.2) is 14.5 Å². The molecule has 1 aliphatic rings. The molecular formula is C66H57N3. The van der Waals surface area contributed by atoms with E-state index in [1.165, 1.54) is 61.2 Å². The summed E-state index contributed by atoms with van der Waals surface area (Å²) in [5.74, 6) is 0.698. The summed E-state index contributed by atoms with van der Waals surface area (Å²) < 4.78 is 2.62. The number of allylic oxidation sites excluding steroid dienone is 1. The third kappa shape index (κ3) is 8.55. The van der Waals surface area contributed by atoms with Gasteiger partial charge in [-0.2, -0.15) is 0 Å². The van der Waals surface area contributed by atoms with Crippen LogP contribution in [0, 0.1) is 0 Å². The van der Waals surface area contributed by atoms with Gasteiger partial charge in [-0.25, -0.2) is 9.97 Å². The monoisotopic (exact) mass is 891 g/mol. The Hall–Kier alpha value is -7.88. The Morgan fingerprint density at radius 1 is 0.391 bits per heavy atom. The Labute approximate surface area is 407 Å². The van der Waals surface area contributed by atoms with Crippen LogP contribution in [0.1, 0.15) is 75.9 Å². The molecule has 3 heteroatoms. The molecule has 336 valence electrons. The lowest BCUT2D eigenvalue weighted by Gasteiger charge is -2.25. The van der Waals surface area contributed by atoms with E-state index in [1.54, 1.807) is 0 Å². The highest BCUT2D eigenvalue weighted by molar-refractivity contribution is 6.03. The minimum absolute atomic E-state index is 0.000759. The highest BCUT2D eigenvalue weighted by Crippen LogP contribution is 2.47. The predicted octanol–water partition coefficient (Wildman–Crippen LogP) is 17.5. The molecule has 0 saturated carbocycles. The molecular weight excluding hydrogens is 835 g/mol. The quantitative estimate of drug-likeness (QED) is 0.152. The molecule has 0 saturated heterocycles. The maximum atomic E-state index is 5.42. The molecule has 11 rings (SSSR count). The zero-order chi connectivity index (χ0) is 47.3. The smallest absolute Gasteiger partial charge is 0.160 e. The zero-order valence-corrected chi connectivity index (χ0v) is 40.5. The van der Waals surface area contributed by atoms with E-state index in [9.17, 15) is 0 Å². The summed E-state index contributed by atoms with van der Waals surface area (Å²) in [6, 6.07) is 75.2. The SMILES string of the molecule is CC(C)(C)c1ccc(-c2cc(-c3cc(-c4ccccc4)nc(-c4ccccc4)n3)cc(-c3ccc(C(C)(C)C)cc3)c2-n2c3c(c4cc(-c5ccccc5)ccc42)C=C(c2ccccc2)CC3)cc1. The molecule has 0 atom stereocenters. The van der Waals surface area contributed by atoms with Crippen LogP contribution in [-0.2, 0) is 17.3 Å². The second kappa shape index (κ2) is 17.6. The van der Waals surface area contributed by atoms with E-state index >= 15 is 0 Å². The van der Waals surface area contributed by atoms with Crippen LogP contribution >= 0.6 is 0 Å². The lowest BCUT2D eigenvalue weighted by molar-refractivity contribution is 0.590. The van der Waals surface area contributed by atoms with Crippen LogP contribution in [0.5, 0.6) is 0 Å². The molecule has 0 N–H and O–H groups in total. The number of benzene rings is 8. The predicted molar refractivity (Wildman–Crippen MR) is 292 cm³/mol. The molecule has 0 bridgehead atoms. The highest BCUT2D eigenvalue weighted by atomic mass is 15.0. The van der Waals surface area contributed by atoms with Gasteiger partial charge in [0.25, 0.3) is 0 Å². The number of hydrogen-bond donors (Lipinski definition) is 0. The molecule has 10 aromatic rings. The molecule has 8 aromatic carbocycles. The van der Waals surface area contributed by atoms with E-state index in [1.807, 2.05) is 6.07 Å². The molecule has 3 nitrogen and oxygen atoms in total. The van der Waals surface area contributed by atoms with Crippen molar-refractivity contribution in [1.29, 1.82) is 0 Å². The van der Waals surface area contributed by atoms with Crippen molar-refractivity contribution in [3.63, 3.8) is 0 Å². The van der Waals surface area contributed by atoms with Crippen molar-refractivity contribution in [2.45, 2.75) is 65.2 Å². The van der Waals surface area contributed by atoms with Crippen LogP contribution in [0.2, 0.25) is 0 Å². The van der Waals surface area contributed by atoms with Gasteiger partial charge in [0.05, 0.1) is 22.6 Å². The average molecular weight is 892 g/mol. The Bertz CT molecular complexity index is 3360. The fourth-order valence-electron chi connectivity index (χ4n) is 10.1. The fraction of sp³-hybridized carbons (Fsp3) is 0.152. The average Bonchev–Trinajstić information content (AvgIpc) is 3.71. The Morgan fingerprint density at radius 3 is 1.38 bits per heavy atom. The van der Waals surface area contributed by atoms with Gasteiger partial charge in [-0.05, 0) is 105 Å². The first-order valence-corrected chi connectivity index (χ1v) is 24.4. The normalized spacial score (nSPS) is 12.8. The van der Waals surface area contributed by atoms with Crippen LogP contribution in [0.15, 0.2) is 206 Å². The minimum atomic E-state index is 0.000759. The second-order valence-electron chi connectivity index (χ2n) is 20.6. The van der Waals surface area contributed by atoms with Crippen molar-refractivity contribution >= 4 is 22.6 Å². The summed E-state index contributed by atoms with van der Waals surface area (Å²) in [7, 11) is 0. The van der Waals surface area contributed by atoms with E-state index in [-0.39, 0.29) is 10.8 Å². The van der Waals surface area contributed by atoms with Gasteiger partial charge in [-0.15, -0.1) is 0 Å². The van der Waals surface area contributed by atoms with E-state index in [2.05, 4.69) is 252 Å². The number of aromatic nitrogens is 3. The summed E-state index contributed by atoms with van der Waals surface area (Å²) in [6.45, 7) is 13.7. The second-order valence-corrected chi connectivity index (χ2v) is 20.6. The fourth-order valence-corrected chi connectivity index (χ4v) is 10.1. The molecule has 0 amide bonds. The minimum Gasteiger partial charge on any atom is -0.312 e. The summed E-state index contributed by atoms with van der Waals surface area (Å²) in [5.41, 5.74) is 22.1. The molecule has 0 spiro atoms. The maximum absolute atomic E-state index is 5.42.